The first-order valence-electron chi connectivity index (χ1n) is 14.3. The van der Waals surface area contributed by atoms with Crippen LogP contribution in [0, 0.1) is 6.92 Å². The van der Waals surface area contributed by atoms with Gasteiger partial charge in [0.25, 0.3) is 0 Å². The molecule has 0 bridgehead atoms. The molecule has 5 nitrogen and oxygen atoms in total. The number of fused-ring (bicyclic) bond motifs is 1. The van der Waals surface area contributed by atoms with Gasteiger partial charge in [0, 0.05) is 18.0 Å². The van der Waals surface area contributed by atoms with Crippen LogP contribution in [0.5, 0.6) is 0 Å². The van der Waals surface area contributed by atoms with Crippen molar-refractivity contribution in [2.24, 2.45) is 7.05 Å². The summed E-state index contributed by atoms with van der Waals surface area (Å²) in [6, 6.07) is 39.3. The predicted molar refractivity (Wildman–Crippen MR) is 161 cm³/mol. The molecule has 4 atom stereocenters. The van der Waals surface area contributed by atoms with Gasteiger partial charge in [0.15, 0.2) is 0 Å². The largest absolute Gasteiger partial charge is 0.374 e. The molecule has 2 heterocycles. The van der Waals surface area contributed by atoms with Gasteiger partial charge < -0.3 is 23.5 Å². The van der Waals surface area contributed by atoms with E-state index >= 15 is 0 Å². The van der Waals surface area contributed by atoms with Crippen molar-refractivity contribution in [3.05, 3.63) is 143 Å². The molecule has 1 aliphatic rings. The molecule has 0 unspecified atom stereocenters. The van der Waals surface area contributed by atoms with Crippen LogP contribution in [0.1, 0.15) is 34.1 Å². The van der Waals surface area contributed by atoms with Crippen molar-refractivity contribution >= 4 is 10.9 Å². The fourth-order valence-electron chi connectivity index (χ4n) is 5.87. The van der Waals surface area contributed by atoms with Crippen molar-refractivity contribution in [3.8, 4) is 0 Å². The van der Waals surface area contributed by atoms with Crippen LogP contribution in [0.25, 0.3) is 10.9 Å². The minimum absolute atomic E-state index is 0.300. The summed E-state index contributed by atoms with van der Waals surface area (Å²) in [5.74, 6) is 0. The van der Waals surface area contributed by atoms with Crippen molar-refractivity contribution in [1.82, 2.24) is 4.57 Å². The van der Waals surface area contributed by atoms with Gasteiger partial charge in [-0.1, -0.05) is 109 Å². The number of hydrogen-bond donors (Lipinski definition) is 0. The Hall–Kier alpha value is -3.74. The number of aromatic nitrogens is 1. The monoisotopic (exact) mass is 547 g/mol. The van der Waals surface area contributed by atoms with Crippen LogP contribution in [0.3, 0.4) is 0 Å². The highest BCUT2D eigenvalue weighted by molar-refractivity contribution is 5.85. The zero-order valence-electron chi connectivity index (χ0n) is 23.7. The summed E-state index contributed by atoms with van der Waals surface area (Å²) in [5, 5.41) is 1.22. The molecule has 1 aromatic heterocycles. The molecule has 5 aromatic rings. The predicted octanol–water partition coefficient (Wildman–Crippen LogP) is 7.31. The van der Waals surface area contributed by atoms with Crippen LogP contribution in [-0.2, 0) is 45.8 Å². The average molecular weight is 548 g/mol. The van der Waals surface area contributed by atoms with Gasteiger partial charge in [0.05, 0.1) is 32.1 Å². The first-order chi connectivity index (χ1) is 20.2. The number of ether oxygens (including phenoxy) is 4. The average Bonchev–Trinajstić information content (AvgIpc) is 3.49. The maximum absolute atomic E-state index is 6.88. The smallest absolute Gasteiger partial charge is 0.127 e. The highest BCUT2D eigenvalue weighted by Crippen LogP contribution is 2.42. The normalized spacial score (nSPS) is 20.5. The number of hydrogen-bond acceptors (Lipinski definition) is 4. The molecule has 0 radical (unpaired) electrons. The van der Waals surface area contributed by atoms with E-state index in [1.807, 2.05) is 54.6 Å². The lowest BCUT2D eigenvalue weighted by molar-refractivity contribution is -0.0898. The molecule has 1 saturated heterocycles. The van der Waals surface area contributed by atoms with Gasteiger partial charge >= 0.3 is 0 Å². The molecule has 5 heteroatoms. The highest BCUT2D eigenvalue weighted by atomic mass is 16.6. The summed E-state index contributed by atoms with van der Waals surface area (Å²) in [6.45, 7) is 4.03. The SMILES string of the molecule is Cc1c([C@H]2O[C@H](COCc3ccccc3)[C@@H](OCc3ccccc3)[C@H]2OCc2ccccc2)n(C)c2ccccc12. The third-order valence-electron chi connectivity index (χ3n) is 7.96. The maximum Gasteiger partial charge on any atom is 0.127 e. The molecular formula is C36H37NO4. The molecule has 1 fully saturated rings. The Bertz CT molecular complexity index is 1490. The third-order valence-corrected chi connectivity index (χ3v) is 7.96. The van der Waals surface area contributed by atoms with Crippen LogP contribution >= 0.6 is 0 Å². The molecule has 0 amide bonds. The van der Waals surface area contributed by atoms with Crippen LogP contribution in [0.2, 0.25) is 0 Å². The fraction of sp³-hybridized carbons (Fsp3) is 0.278. The zero-order valence-corrected chi connectivity index (χ0v) is 23.7. The molecule has 0 N–H and O–H groups in total. The zero-order chi connectivity index (χ0) is 28.0. The topological polar surface area (TPSA) is 41.9 Å². The van der Waals surface area contributed by atoms with E-state index in [1.165, 1.54) is 16.5 Å². The van der Waals surface area contributed by atoms with E-state index in [4.69, 9.17) is 18.9 Å². The molecule has 41 heavy (non-hydrogen) atoms. The molecule has 4 aromatic carbocycles. The number of para-hydroxylation sites is 1. The highest BCUT2D eigenvalue weighted by Gasteiger charge is 2.48. The molecule has 0 saturated carbocycles. The Labute approximate surface area is 242 Å². The first kappa shape index (κ1) is 27.4. The molecule has 210 valence electrons. The minimum atomic E-state index is -0.328. The Morgan fingerprint density at radius 3 is 1.73 bits per heavy atom. The first-order valence-corrected chi connectivity index (χ1v) is 14.3. The summed E-state index contributed by atoms with van der Waals surface area (Å²) in [4.78, 5) is 0. The molecule has 0 spiro atoms. The van der Waals surface area contributed by atoms with E-state index in [0.717, 1.165) is 22.4 Å². The van der Waals surface area contributed by atoms with Gasteiger partial charge in [-0.15, -0.1) is 0 Å². The standard InChI is InChI=1S/C36H37NO4/c1-26-30-20-12-13-21-31(30)37(2)33(26)35-36(40-24-29-18-10-5-11-19-29)34(39-23-28-16-8-4-9-17-28)32(41-35)25-38-22-27-14-6-3-7-15-27/h3-21,32,34-36H,22-25H2,1-2H3/t32-,34-,35-,36-/m1/s1. The second-order valence-corrected chi connectivity index (χ2v) is 10.7. The maximum atomic E-state index is 6.88. The van der Waals surface area contributed by atoms with Crippen LogP contribution in [-0.4, -0.2) is 29.5 Å². The lowest BCUT2D eigenvalue weighted by Gasteiger charge is -2.26. The van der Waals surface area contributed by atoms with Crippen molar-refractivity contribution in [3.63, 3.8) is 0 Å². The number of aryl methyl sites for hydroxylation is 2. The van der Waals surface area contributed by atoms with E-state index in [2.05, 4.69) is 79.2 Å². The van der Waals surface area contributed by atoms with Crippen molar-refractivity contribution in [1.29, 1.82) is 0 Å². The molecular weight excluding hydrogens is 510 g/mol. The van der Waals surface area contributed by atoms with Gasteiger partial charge in [0.1, 0.15) is 24.4 Å². The summed E-state index contributed by atoms with van der Waals surface area (Å²) >= 11 is 0. The van der Waals surface area contributed by atoms with Gasteiger partial charge in [-0.2, -0.15) is 0 Å². The quantitative estimate of drug-likeness (QED) is 0.174. The summed E-state index contributed by atoms with van der Waals surface area (Å²) in [7, 11) is 2.11. The minimum Gasteiger partial charge on any atom is -0.374 e. The number of rotatable bonds is 11. The Morgan fingerprint density at radius 1 is 0.634 bits per heavy atom. The lowest BCUT2D eigenvalue weighted by atomic mass is 10.0. The third kappa shape index (κ3) is 6.14. The second-order valence-electron chi connectivity index (χ2n) is 10.7. The number of benzene rings is 4. The van der Waals surface area contributed by atoms with E-state index < -0.39 is 0 Å². The van der Waals surface area contributed by atoms with Crippen LogP contribution in [0.15, 0.2) is 115 Å². The van der Waals surface area contributed by atoms with Crippen molar-refractivity contribution < 1.29 is 18.9 Å². The van der Waals surface area contributed by atoms with E-state index in [9.17, 15) is 0 Å². The fourth-order valence-corrected chi connectivity index (χ4v) is 5.87. The molecule has 0 aliphatic carbocycles. The summed E-state index contributed by atoms with van der Waals surface area (Å²) in [6.07, 6.45) is -1.27. The Balaban J connectivity index is 1.32. The van der Waals surface area contributed by atoms with Crippen LogP contribution < -0.4 is 0 Å². The van der Waals surface area contributed by atoms with Gasteiger partial charge in [-0.3, -0.25) is 0 Å². The Morgan fingerprint density at radius 2 is 1.15 bits per heavy atom. The number of nitrogens with zero attached hydrogens (tertiary/aromatic N) is 1. The van der Waals surface area contributed by atoms with Crippen molar-refractivity contribution in [2.75, 3.05) is 6.61 Å². The van der Waals surface area contributed by atoms with Crippen LogP contribution in [0.4, 0.5) is 0 Å². The van der Waals surface area contributed by atoms with Gasteiger partial charge in [-0.05, 0) is 35.2 Å². The summed E-state index contributed by atoms with van der Waals surface area (Å²) < 4.78 is 28.8. The van der Waals surface area contributed by atoms with Crippen molar-refractivity contribution in [2.45, 2.75) is 51.2 Å². The summed E-state index contributed by atoms with van der Waals surface area (Å²) in [5.41, 5.74) is 6.85. The Kier molecular flexibility index (Phi) is 8.59. The van der Waals surface area contributed by atoms with E-state index in [-0.39, 0.29) is 24.4 Å². The van der Waals surface area contributed by atoms with Gasteiger partial charge in [-0.25, -0.2) is 0 Å². The van der Waals surface area contributed by atoms with E-state index in [0.29, 0.717) is 26.4 Å². The van der Waals surface area contributed by atoms with Gasteiger partial charge in [0.2, 0.25) is 0 Å². The van der Waals surface area contributed by atoms with E-state index in [1.54, 1.807) is 0 Å². The molecule has 1 aliphatic heterocycles. The molecule has 6 rings (SSSR count). The lowest BCUT2D eigenvalue weighted by Crippen LogP contribution is -2.38. The second kappa shape index (κ2) is 12.8.